The third-order valence-electron chi connectivity index (χ3n) is 4.80. The van der Waals surface area contributed by atoms with Crippen LogP contribution in [0.4, 0.5) is 5.69 Å². The van der Waals surface area contributed by atoms with Crippen LogP contribution in [-0.2, 0) is 11.3 Å². The van der Waals surface area contributed by atoms with E-state index in [-0.39, 0.29) is 29.6 Å². The van der Waals surface area contributed by atoms with Crippen molar-refractivity contribution in [2.24, 2.45) is 0 Å². The van der Waals surface area contributed by atoms with Crippen LogP contribution < -0.4 is 4.90 Å². The van der Waals surface area contributed by atoms with E-state index in [0.717, 1.165) is 0 Å². The number of benzene rings is 2. The number of aromatic nitrogens is 2. The molecule has 0 fully saturated rings. The monoisotopic (exact) mass is 389 g/mol. The molecular formula is C22H19N3O4. The van der Waals surface area contributed by atoms with Crippen LogP contribution in [0.5, 0.6) is 0 Å². The van der Waals surface area contributed by atoms with Crippen molar-refractivity contribution in [1.82, 2.24) is 9.78 Å². The zero-order valence-electron chi connectivity index (χ0n) is 15.9. The molecule has 0 radical (unpaired) electrons. The van der Waals surface area contributed by atoms with E-state index in [2.05, 4.69) is 5.10 Å². The van der Waals surface area contributed by atoms with Gasteiger partial charge in [0.2, 0.25) is 0 Å². The first-order chi connectivity index (χ1) is 14.1. The van der Waals surface area contributed by atoms with Gasteiger partial charge in [0.1, 0.15) is 11.3 Å². The molecule has 0 spiro atoms. The number of amides is 1. The van der Waals surface area contributed by atoms with Gasteiger partial charge in [-0.15, -0.1) is 0 Å². The predicted octanol–water partition coefficient (Wildman–Crippen LogP) is 2.95. The van der Waals surface area contributed by atoms with Crippen LogP contribution in [0.2, 0.25) is 0 Å². The van der Waals surface area contributed by atoms with E-state index in [1.165, 1.54) is 10.9 Å². The van der Waals surface area contributed by atoms with Gasteiger partial charge < -0.3 is 9.64 Å². The number of carbonyl (C=O) groups is 3. The van der Waals surface area contributed by atoms with Crippen molar-refractivity contribution in [3.05, 3.63) is 83.2 Å². The Hall–Kier alpha value is -3.74. The van der Waals surface area contributed by atoms with E-state index in [1.54, 1.807) is 48.2 Å². The van der Waals surface area contributed by atoms with E-state index >= 15 is 0 Å². The molecule has 2 aromatic carbocycles. The molecule has 0 N–H and O–H groups in total. The maximum absolute atomic E-state index is 13.0. The van der Waals surface area contributed by atoms with Gasteiger partial charge in [0, 0.05) is 23.4 Å². The summed E-state index contributed by atoms with van der Waals surface area (Å²) in [4.78, 5) is 39.3. The van der Waals surface area contributed by atoms with Crippen molar-refractivity contribution in [2.45, 2.75) is 13.5 Å². The van der Waals surface area contributed by atoms with Crippen molar-refractivity contribution in [3.8, 4) is 0 Å². The zero-order valence-corrected chi connectivity index (χ0v) is 15.9. The topological polar surface area (TPSA) is 81.5 Å². The minimum atomic E-state index is -0.562. The fraction of sp³-hybridized carbons (Fsp3) is 0.182. The normalized spacial score (nSPS) is 13.1. The summed E-state index contributed by atoms with van der Waals surface area (Å²) in [5.74, 6) is -0.962. The Labute approximate surface area is 167 Å². The average Bonchev–Trinajstić information content (AvgIpc) is 3.20. The second kappa shape index (κ2) is 7.71. The molecule has 1 aromatic heterocycles. The summed E-state index contributed by atoms with van der Waals surface area (Å²) in [5, 5.41) is 4.13. The Balaban J connectivity index is 1.59. The Kier molecular flexibility index (Phi) is 4.95. The van der Waals surface area contributed by atoms with E-state index in [0.29, 0.717) is 29.9 Å². The lowest BCUT2D eigenvalue weighted by Crippen LogP contribution is -2.41. The third-order valence-corrected chi connectivity index (χ3v) is 4.80. The molecule has 0 saturated carbocycles. The molecule has 3 aromatic rings. The number of carbonyl (C=O) groups excluding carboxylic acids is 3. The number of hydrogen-bond acceptors (Lipinski definition) is 5. The summed E-state index contributed by atoms with van der Waals surface area (Å²) in [6, 6.07) is 15.9. The Morgan fingerprint density at radius 2 is 1.69 bits per heavy atom. The van der Waals surface area contributed by atoms with Crippen molar-refractivity contribution in [1.29, 1.82) is 0 Å². The van der Waals surface area contributed by atoms with Crippen LogP contribution in [0.15, 0.2) is 60.8 Å². The highest BCUT2D eigenvalue weighted by atomic mass is 16.5. The highest BCUT2D eigenvalue weighted by Gasteiger charge is 2.32. The second-order valence-corrected chi connectivity index (χ2v) is 6.55. The largest absolute Gasteiger partial charge is 0.462 e. The molecule has 7 heteroatoms. The minimum absolute atomic E-state index is 0.0789. The molecule has 4 rings (SSSR count). The quantitative estimate of drug-likeness (QED) is 0.495. The van der Waals surface area contributed by atoms with E-state index in [4.69, 9.17) is 4.74 Å². The van der Waals surface area contributed by atoms with Gasteiger partial charge in [0.05, 0.1) is 19.3 Å². The predicted molar refractivity (Wildman–Crippen MR) is 106 cm³/mol. The van der Waals surface area contributed by atoms with Crippen LogP contribution in [0.25, 0.3) is 0 Å². The fourth-order valence-electron chi connectivity index (χ4n) is 3.36. The van der Waals surface area contributed by atoms with Crippen molar-refractivity contribution in [2.75, 3.05) is 18.1 Å². The highest BCUT2D eigenvalue weighted by molar-refractivity contribution is 6.12. The zero-order chi connectivity index (χ0) is 20.4. The number of ether oxygens (including phenoxy) is 1. The number of nitrogens with zero attached hydrogens (tertiary/aromatic N) is 3. The molecule has 146 valence electrons. The van der Waals surface area contributed by atoms with Gasteiger partial charge in [0.25, 0.3) is 5.91 Å². The molecule has 7 nitrogen and oxygen atoms in total. The Morgan fingerprint density at radius 1 is 1.00 bits per heavy atom. The van der Waals surface area contributed by atoms with Crippen molar-refractivity contribution < 1.29 is 19.1 Å². The maximum atomic E-state index is 13.0. The van der Waals surface area contributed by atoms with Gasteiger partial charge in [-0.05, 0) is 31.2 Å². The maximum Gasteiger partial charge on any atom is 0.342 e. The molecule has 1 amide bonds. The van der Waals surface area contributed by atoms with Crippen LogP contribution in [0.3, 0.4) is 0 Å². The number of fused-ring (bicyclic) bond motifs is 1. The molecular weight excluding hydrogens is 370 g/mol. The summed E-state index contributed by atoms with van der Waals surface area (Å²) in [6.45, 7) is 2.81. The molecule has 0 saturated heterocycles. The molecule has 0 aliphatic carbocycles. The number of anilines is 1. The van der Waals surface area contributed by atoms with Gasteiger partial charge in [-0.3, -0.25) is 14.3 Å². The van der Waals surface area contributed by atoms with Crippen LogP contribution >= 0.6 is 0 Å². The van der Waals surface area contributed by atoms with Gasteiger partial charge in [-0.25, -0.2) is 4.79 Å². The minimum Gasteiger partial charge on any atom is -0.462 e. The van der Waals surface area contributed by atoms with Crippen molar-refractivity contribution in [3.63, 3.8) is 0 Å². The smallest absolute Gasteiger partial charge is 0.342 e. The van der Waals surface area contributed by atoms with Crippen molar-refractivity contribution >= 4 is 23.3 Å². The summed E-state index contributed by atoms with van der Waals surface area (Å²) in [5.41, 5.74) is 2.19. The summed E-state index contributed by atoms with van der Waals surface area (Å²) >= 11 is 0. The van der Waals surface area contributed by atoms with E-state index in [9.17, 15) is 14.4 Å². The number of rotatable bonds is 5. The third kappa shape index (κ3) is 3.42. The lowest BCUT2D eigenvalue weighted by Gasteiger charge is -2.28. The number of esters is 1. The number of hydrogen-bond donors (Lipinski definition) is 0. The average molecular weight is 389 g/mol. The summed E-state index contributed by atoms with van der Waals surface area (Å²) in [7, 11) is 0. The Morgan fingerprint density at radius 3 is 2.38 bits per heavy atom. The van der Waals surface area contributed by atoms with Gasteiger partial charge in [-0.1, -0.05) is 30.3 Å². The lowest BCUT2D eigenvalue weighted by atomic mass is 10.0. The SMILES string of the molecule is CCOC(=O)c1cnn2c1C(=O)N(c1ccc(C(=O)c3ccccc3)cc1)CC2. The van der Waals surface area contributed by atoms with Crippen LogP contribution in [0.1, 0.15) is 43.7 Å². The molecule has 2 heterocycles. The van der Waals surface area contributed by atoms with Gasteiger partial charge >= 0.3 is 5.97 Å². The Bertz CT molecular complexity index is 1070. The molecule has 0 atom stereocenters. The first-order valence-electron chi connectivity index (χ1n) is 9.34. The highest BCUT2D eigenvalue weighted by Crippen LogP contribution is 2.24. The molecule has 0 bridgehead atoms. The molecule has 29 heavy (non-hydrogen) atoms. The molecule has 1 aliphatic rings. The van der Waals surface area contributed by atoms with Crippen LogP contribution in [0, 0.1) is 0 Å². The first kappa shape index (κ1) is 18.6. The second-order valence-electron chi connectivity index (χ2n) is 6.55. The molecule has 0 unspecified atom stereocenters. The lowest BCUT2D eigenvalue weighted by molar-refractivity contribution is 0.0522. The summed E-state index contributed by atoms with van der Waals surface area (Å²) < 4.78 is 6.55. The first-order valence-corrected chi connectivity index (χ1v) is 9.34. The summed E-state index contributed by atoms with van der Waals surface area (Å²) in [6.07, 6.45) is 1.37. The number of ketones is 1. The van der Waals surface area contributed by atoms with E-state index < -0.39 is 5.97 Å². The van der Waals surface area contributed by atoms with E-state index in [1.807, 2.05) is 18.2 Å². The van der Waals surface area contributed by atoms with Crippen LogP contribution in [-0.4, -0.2) is 40.6 Å². The van der Waals surface area contributed by atoms with Gasteiger partial charge in [0.15, 0.2) is 5.78 Å². The van der Waals surface area contributed by atoms with Gasteiger partial charge in [-0.2, -0.15) is 5.10 Å². The molecule has 1 aliphatic heterocycles. The fourth-order valence-corrected chi connectivity index (χ4v) is 3.36. The standard InChI is InChI=1S/C22H19N3O4/c1-2-29-22(28)18-14-23-25-13-12-24(21(27)19(18)25)17-10-8-16(9-11-17)20(26)15-6-4-3-5-7-15/h3-11,14H,2,12-13H2,1H3.